The highest BCUT2D eigenvalue weighted by Gasteiger charge is 2.15. The number of amides is 1. The first-order valence-electron chi connectivity index (χ1n) is 7.47. The maximum absolute atomic E-state index is 11.8. The third kappa shape index (κ3) is 5.65. The standard InChI is InChI=1S/C16H22ClNO3/c17-13-6-4-12(5-7-13)15(19)11-16(20)18-9-8-14-3-1-2-10-21-14/h4-7,14-15,19H,1-3,8-11H2,(H,18,20). The first-order valence-corrected chi connectivity index (χ1v) is 7.85. The number of halogens is 1. The summed E-state index contributed by atoms with van der Waals surface area (Å²) in [4.78, 5) is 11.8. The Kier molecular flexibility index (Phi) is 6.49. The zero-order valence-corrected chi connectivity index (χ0v) is 12.8. The lowest BCUT2D eigenvalue weighted by Crippen LogP contribution is -2.30. The highest BCUT2D eigenvalue weighted by atomic mass is 35.5. The van der Waals surface area contributed by atoms with Gasteiger partial charge in [0.1, 0.15) is 0 Å². The highest BCUT2D eigenvalue weighted by Crippen LogP contribution is 2.19. The molecule has 1 aromatic rings. The highest BCUT2D eigenvalue weighted by molar-refractivity contribution is 6.30. The predicted molar refractivity (Wildman–Crippen MR) is 82.2 cm³/mol. The van der Waals surface area contributed by atoms with Crippen molar-refractivity contribution >= 4 is 17.5 Å². The molecule has 116 valence electrons. The van der Waals surface area contributed by atoms with E-state index in [4.69, 9.17) is 16.3 Å². The Bertz CT molecular complexity index is 443. The molecule has 2 unspecified atom stereocenters. The van der Waals surface area contributed by atoms with Crippen LogP contribution >= 0.6 is 11.6 Å². The molecule has 1 aromatic carbocycles. The molecule has 2 rings (SSSR count). The van der Waals surface area contributed by atoms with Crippen molar-refractivity contribution in [3.05, 3.63) is 34.9 Å². The van der Waals surface area contributed by atoms with Crippen LogP contribution in [0.2, 0.25) is 5.02 Å². The molecule has 5 heteroatoms. The van der Waals surface area contributed by atoms with Gasteiger partial charge in [0.05, 0.1) is 18.6 Å². The van der Waals surface area contributed by atoms with E-state index in [1.165, 1.54) is 6.42 Å². The minimum absolute atomic E-state index is 0.0627. The van der Waals surface area contributed by atoms with Crippen LogP contribution in [0.15, 0.2) is 24.3 Å². The van der Waals surface area contributed by atoms with Crippen molar-refractivity contribution in [2.45, 2.75) is 44.3 Å². The SMILES string of the molecule is O=C(CC(O)c1ccc(Cl)cc1)NCCC1CCCCO1. The number of carbonyl (C=O) groups is 1. The second-order valence-corrected chi connectivity index (χ2v) is 5.84. The summed E-state index contributed by atoms with van der Waals surface area (Å²) in [5.74, 6) is -0.145. The van der Waals surface area contributed by atoms with Crippen LogP contribution in [0.1, 0.15) is 43.8 Å². The molecule has 1 aliphatic rings. The van der Waals surface area contributed by atoms with Gasteiger partial charge < -0.3 is 15.2 Å². The molecule has 2 atom stereocenters. The largest absolute Gasteiger partial charge is 0.388 e. The van der Waals surface area contributed by atoms with Crippen LogP contribution in [-0.4, -0.2) is 30.3 Å². The number of nitrogens with one attached hydrogen (secondary N) is 1. The molecule has 1 amide bonds. The van der Waals surface area contributed by atoms with Crippen molar-refractivity contribution in [2.75, 3.05) is 13.2 Å². The molecular weight excluding hydrogens is 290 g/mol. The Morgan fingerprint density at radius 3 is 2.81 bits per heavy atom. The molecule has 4 nitrogen and oxygen atoms in total. The van der Waals surface area contributed by atoms with Crippen molar-refractivity contribution in [1.82, 2.24) is 5.32 Å². The smallest absolute Gasteiger partial charge is 0.222 e. The summed E-state index contributed by atoms with van der Waals surface area (Å²) in [5, 5.41) is 13.5. The summed E-state index contributed by atoms with van der Waals surface area (Å²) in [7, 11) is 0. The average Bonchev–Trinajstić information content (AvgIpc) is 2.49. The molecule has 0 aromatic heterocycles. The predicted octanol–water partition coefficient (Wildman–Crippen LogP) is 2.84. The second kappa shape index (κ2) is 8.37. The minimum atomic E-state index is -0.798. The van der Waals surface area contributed by atoms with Crippen LogP contribution in [0.4, 0.5) is 0 Å². The lowest BCUT2D eigenvalue weighted by atomic mass is 10.1. The van der Waals surface area contributed by atoms with Crippen molar-refractivity contribution < 1.29 is 14.6 Å². The molecule has 1 aliphatic heterocycles. The Morgan fingerprint density at radius 1 is 1.38 bits per heavy atom. The lowest BCUT2D eigenvalue weighted by molar-refractivity contribution is -0.123. The third-order valence-electron chi connectivity index (χ3n) is 3.70. The van der Waals surface area contributed by atoms with E-state index in [1.807, 2.05) is 0 Å². The van der Waals surface area contributed by atoms with Crippen LogP contribution < -0.4 is 5.32 Å². The number of ether oxygens (including phenoxy) is 1. The Morgan fingerprint density at radius 2 is 2.14 bits per heavy atom. The van der Waals surface area contributed by atoms with Gasteiger partial charge in [0.2, 0.25) is 5.91 Å². The number of hydrogen-bond donors (Lipinski definition) is 2. The normalized spacial score (nSPS) is 20.0. The average molecular weight is 312 g/mol. The van der Waals surface area contributed by atoms with E-state index in [1.54, 1.807) is 24.3 Å². The summed E-state index contributed by atoms with van der Waals surface area (Å²) in [6.45, 7) is 1.42. The molecule has 1 heterocycles. The molecule has 0 spiro atoms. The molecule has 1 saturated heterocycles. The van der Waals surface area contributed by atoms with E-state index in [-0.39, 0.29) is 18.4 Å². The first-order chi connectivity index (χ1) is 10.1. The van der Waals surface area contributed by atoms with Gasteiger partial charge in [-0.15, -0.1) is 0 Å². The fourth-order valence-corrected chi connectivity index (χ4v) is 2.58. The maximum atomic E-state index is 11.8. The molecule has 0 saturated carbocycles. The topological polar surface area (TPSA) is 58.6 Å². The molecule has 0 aliphatic carbocycles. The number of carbonyl (C=O) groups excluding carboxylic acids is 1. The maximum Gasteiger partial charge on any atom is 0.222 e. The van der Waals surface area contributed by atoms with Gasteiger partial charge in [-0.05, 0) is 43.4 Å². The van der Waals surface area contributed by atoms with Gasteiger partial charge in [-0.2, -0.15) is 0 Å². The monoisotopic (exact) mass is 311 g/mol. The van der Waals surface area contributed by atoms with Gasteiger partial charge >= 0.3 is 0 Å². The fraction of sp³-hybridized carbons (Fsp3) is 0.562. The number of rotatable bonds is 6. The Balaban J connectivity index is 1.67. The van der Waals surface area contributed by atoms with Crippen molar-refractivity contribution in [1.29, 1.82) is 0 Å². The van der Waals surface area contributed by atoms with E-state index in [0.29, 0.717) is 17.1 Å². The van der Waals surface area contributed by atoms with E-state index >= 15 is 0 Å². The Hall–Kier alpha value is -1.10. The Labute approximate surface area is 130 Å². The quantitative estimate of drug-likeness (QED) is 0.849. The number of aliphatic hydroxyl groups is 1. The van der Waals surface area contributed by atoms with E-state index in [0.717, 1.165) is 25.9 Å². The second-order valence-electron chi connectivity index (χ2n) is 5.40. The zero-order valence-electron chi connectivity index (χ0n) is 12.1. The van der Waals surface area contributed by atoms with Crippen LogP contribution in [-0.2, 0) is 9.53 Å². The van der Waals surface area contributed by atoms with E-state index < -0.39 is 6.10 Å². The number of benzene rings is 1. The summed E-state index contributed by atoms with van der Waals surface area (Å²) in [5.41, 5.74) is 0.699. The minimum Gasteiger partial charge on any atom is -0.388 e. The van der Waals surface area contributed by atoms with Crippen LogP contribution in [0.25, 0.3) is 0 Å². The van der Waals surface area contributed by atoms with Crippen LogP contribution in [0.3, 0.4) is 0 Å². The van der Waals surface area contributed by atoms with Crippen molar-refractivity contribution in [2.24, 2.45) is 0 Å². The van der Waals surface area contributed by atoms with Crippen LogP contribution in [0.5, 0.6) is 0 Å². The lowest BCUT2D eigenvalue weighted by Gasteiger charge is -2.22. The molecular formula is C16H22ClNO3. The van der Waals surface area contributed by atoms with E-state index in [9.17, 15) is 9.90 Å². The summed E-state index contributed by atoms with van der Waals surface area (Å²) >= 11 is 5.79. The molecule has 1 fully saturated rings. The van der Waals surface area contributed by atoms with Crippen LogP contribution in [0, 0.1) is 0 Å². The van der Waals surface area contributed by atoms with Crippen molar-refractivity contribution in [3.8, 4) is 0 Å². The summed E-state index contributed by atoms with van der Waals surface area (Å²) in [6.07, 6.45) is 3.77. The number of hydrogen-bond acceptors (Lipinski definition) is 3. The van der Waals surface area contributed by atoms with Gasteiger partial charge in [-0.25, -0.2) is 0 Å². The van der Waals surface area contributed by atoms with Gasteiger partial charge in [-0.1, -0.05) is 23.7 Å². The first kappa shape index (κ1) is 16.3. The molecule has 0 radical (unpaired) electrons. The fourth-order valence-electron chi connectivity index (χ4n) is 2.46. The van der Waals surface area contributed by atoms with Crippen molar-refractivity contribution in [3.63, 3.8) is 0 Å². The summed E-state index contributed by atoms with van der Waals surface area (Å²) in [6, 6.07) is 6.88. The zero-order chi connectivity index (χ0) is 15.1. The summed E-state index contributed by atoms with van der Waals surface area (Å²) < 4.78 is 5.61. The van der Waals surface area contributed by atoms with Gasteiger partial charge in [0.25, 0.3) is 0 Å². The third-order valence-corrected chi connectivity index (χ3v) is 3.95. The van der Waals surface area contributed by atoms with E-state index in [2.05, 4.69) is 5.32 Å². The number of aliphatic hydroxyl groups excluding tert-OH is 1. The van der Waals surface area contributed by atoms with Gasteiger partial charge in [0, 0.05) is 18.2 Å². The van der Waals surface area contributed by atoms with Gasteiger partial charge in [-0.3, -0.25) is 4.79 Å². The molecule has 2 N–H and O–H groups in total. The molecule has 21 heavy (non-hydrogen) atoms. The van der Waals surface area contributed by atoms with Gasteiger partial charge in [0.15, 0.2) is 0 Å². The molecule has 0 bridgehead atoms.